The van der Waals surface area contributed by atoms with Crippen LogP contribution in [0, 0.1) is 6.92 Å². The number of ether oxygens (including phenoxy) is 1. The minimum Gasteiger partial charge on any atom is -0.478 e. The van der Waals surface area contributed by atoms with Gasteiger partial charge in [0.2, 0.25) is 0 Å². The van der Waals surface area contributed by atoms with Crippen molar-refractivity contribution in [3.8, 4) is 11.1 Å². The summed E-state index contributed by atoms with van der Waals surface area (Å²) in [7, 11) is 1.64. The second-order valence-corrected chi connectivity index (χ2v) is 4.38. The lowest BCUT2D eigenvalue weighted by molar-refractivity contribution is 0.0697. The van der Waals surface area contributed by atoms with E-state index in [-0.39, 0.29) is 0 Å². The van der Waals surface area contributed by atoms with Crippen LogP contribution in [0.1, 0.15) is 15.9 Å². The Morgan fingerprint density at radius 2 is 2.16 bits per heavy atom. The zero-order valence-electron chi connectivity index (χ0n) is 11.0. The van der Waals surface area contributed by atoms with Gasteiger partial charge in [0.25, 0.3) is 0 Å². The van der Waals surface area contributed by atoms with Gasteiger partial charge >= 0.3 is 5.97 Å². The highest BCUT2D eigenvalue weighted by Crippen LogP contribution is 2.22. The monoisotopic (exact) mass is 260 g/mol. The number of benzene rings is 1. The Morgan fingerprint density at radius 3 is 2.84 bits per heavy atom. The number of nitrogens with zero attached hydrogens (tertiary/aromatic N) is 2. The van der Waals surface area contributed by atoms with Crippen molar-refractivity contribution in [3.05, 3.63) is 41.7 Å². The van der Waals surface area contributed by atoms with Gasteiger partial charge in [-0.3, -0.25) is 4.68 Å². The summed E-state index contributed by atoms with van der Waals surface area (Å²) in [5.74, 6) is -0.920. The maximum absolute atomic E-state index is 11.0. The van der Waals surface area contributed by atoms with E-state index in [1.165, 1.54) is 0 Å². The Hall–Kier alpha value is -2.14. The van der Waals surface area contributed by atoms with Crippen LogP contribution in [0.15, 0.2) is 30.6 Å². The van der Waals surface area contributed by atoms with E-state index in [1.807, 2.05) is 19.2 Å². The zero-order chi connectivity index (χ0) is 13.8. The fraction of sp³-hybridized carbons (Fsp3) is 0.286. The van der Waals surface area contributed by atoms with E-state index in [1.54, 1.807) is 30.1 Å². The molecule has 0 bridgehead atoms. The van der Waals surface area contributed by atoms with Crippen molar-refractivity contribution in [2.24, 2.45) is 0 Å². The first-order chi connectivity index (χ1) is 9.10. The Balaban J connectivity index is 2.30. The number of hydrogen-bond donors (Lipinski definition) is 1. The van der Waals surface area contributed by atoms with Crippen LogP contribution in [-0.4, -0.2) is 34.6 Å². The minimum atomic E-state index is -0.920. The molecule has 0 aliphatic rings. The van der Waals surface area contributed by atoms with Crippen LogP contribution in [0.25, 0.3) is 11.1 Å². The number of carboxylic acid groups (broad SMARTS) is 1. The van der Waals surface area contributed by atoms with Crippen LogP contribution in [0.3, 0.4) is 0 Å². The van der Waals surface area contributed by atoms with Crippen molar-refractivity contribution in [3.63, 3.8) is 0 Å². The first-order valence-corrected chi connectivity index (χ1v) is 5.97. The van der Waals surface area contributed by atoms with Gasteiger partial charge in [-0.2, -0.15) is 5.10 Å². The fourth-order valence-corrected chi connectivity index (χ4v) is 1.89. The average Bonchev–Trinajstić information content (AvgIpc) is 2.84. The fourth-order valence-electron chi connectivity index (χ4n) is 1.89. The normalized spacial score (nSPS) is 10.6. The molecule has 2 rings (SSSR count). The van der Waals surface area contributed by atoms with Gasteiger partial charge in [-0.15, -0.1) is 0 Å². The molecule has 100 valence electrons. The maximum Gasteiger partial charge on any atom is 0.335 e. The number of carbonyl (C=O) groups is 1. The lowest BCUT2D eigenvalue weighted by Gasteiger charge is -2.03. The Bertz CT molecular complexity index is 590. The maximum atomic E-state index is 11.0. The number of aryl methyl sites for hydroxylation is 1. The van der Waals surface area contributed by atoms with Gasteiger partial charge in [0.15, 0.2) is 0 Å². The van der Waals surface area contributed by atoms with Gasteiger partial charge in [-0.25, -0.2) is 4.79 Å². The molecule has 0 saturated carbocycles. The molecule has 0 radical (unpaired) electrons. The van der Waals surface area contributed by atoms with Crippen molar-refractivity contribution in [2.75, 3.05) is 13.7 Å². The van der Waals surface area contributed by atoms with Crippen molar-refractivity contribution >= 4 is 5.97 Å². The Kier molecular flexibility index (Phi) is 3.97. The standard InChI is InChI=1S/C14H16N2O3/c1-10-5-11(7-12(6-10)14(17)18)13-8-15-16(9-13)3-4-19-2/h5-9H,3-4H2,1-2H3,(H,17,18). The summed E-state index contributed by atoms with van der Waals surface area (Å²) in [5, 5.41) is 13.3. The topological polar surface area (TPSA) is 64.3 Å². The van der Waals surface area contributed by atoms with Gasteiger partial charge in [0.05, 0.1) is 24.9 Å². The van der Waals surface area contributed by atoms with E-state index < -0.39 is 5.97 Å². The van der Waals surface area contributed by atoms with Crippen LogP contribution in [0.5, 0.6) is 0 Å². The minimum absolute atomic E-state index is 0.291. The van der Waals surface area contributed by atoms with E-state index in [4.69, 9.17) is 9.84 Å². The van der Waals surface area contributed by atoms with Crippen LogP contribution < -0.4 is 0 Å². The lowest BCUT2D eigenvalue weighted by atomic mass is 10.0. The third-order valence-electron chi connectivity index (χ3n) is 2.82. The van der Waals surface area contributed by atoms with Crippen molar-refractivity contribution in [1.29, 1.82) is 0 Å². The van der Waals surface area contributed by atoms with E-state index in [9.17, 15) is 4.79 Å². The first kappa shape index (κ1) is 13.3. The largest absolute Gasteiger partial charge is 0.478 e. The average molecular weight is 260 g/mol. The summed E-state index contributed by atoms with van der Waals surface area (Å²) in [4.78, 5) is 11.0. The molecule has 1 aromatic carbocycles. The van der Waals surface area contributed by atoms with Crippen LogP contribution in [-0.2, 0) is 11.3 Å². The first-order valence-electron chi connectivity index (χ1n) is 5.97. The van der Waals surface area contributed by atoms with Crippen LogP contribution >= 0.6 is 0 Å². The molecule has 0 spiro atoms. The van der Waals surface area contributed by atoms with Crippen molar-refractivity contribution in [2.45, 2.75) is 13.5 Å². The third-order valence-corrected chi connectivity index (χ3v) is 2.82. The molecule has 0 saturated heterocycles. The molecule has 1 heterocycles. The molecule has 0 atom stereocenters. The molecule has 1 N–H and O–H groups in total. The smallest absolute Gasteiger partial charge is 0.335 e. The van der Waals surface area contributed by atoms with E-state index in [0.717, 1.165) is 16.7 Å². The highest BCUT2D eigenvalue weighted by Gasteiger charge is 2.08. The van der Waals surface area contributed by atoms with Gasteiger partial charge in [-0.05, 0) is 30.2 Å². The predicted octanol–water partition coefficient (Wildman–Crippen LogP) is 2.20. The zero-order valence-corrected chi connectivity index (χ0v) is 11.0. The summed E-state index contributed by atoms with van der Waals surface area (Å²) < 4.78 is 6.77. The molecule has 0 amide bonds. The van der Waals surface area contributed by atoms with E-state index >= 15 is 0 Å². The second kappa shape index (κ2) is 5.67. The molecule has 5 heteroatoms. The number of rotatable bonds is 5. The molecular weight excluding hydrogens is 244 g/mol. The predicted molar refractivity (Wildman–Crippen MR) is 71.2 cm³/mol. The van der Waals surface area contributed by atoms with E-state index in [0.29, 0.717) is 18.7 Å². The molecule has 19 heavy (non-hydrogen) atoms. The number of aromatic carboxylic acids is 1. The van der Waals surface area contributed by atoms with E-state index in [2.05, 4.69) is 5.10 Å². The summed E-state index contributed by atoms with van der Waals surface area (Å²) in [6, 6.07) is 5.26. The second-order valence-electron chi connectivity index (χ2n) is 4.38. The number of carboxylic acids is 1. The SMILES string of the molecule is COCCn1cc(-c2cc(C)cc(C(=O)O)c2)cn1. The molecule has 0 aliphatic carbocycles. The van der Waals surface area contributed by atoms with Gasteiger partial charge in [-0.1, -0.05) is 6.07 Å². The molecule has 2 aromatic rings. The highest BCUT2D eigenvalue weighted by molar-refractivity contribution is 5.89. The van der Waals surface area contributed by atoms with Crippen molar-refractivity contribution in [1.82, 2.24) is 9.78 Å². The van der Waals surface area contributed by atoms with Gasteiger partial charge in [0, 0.05) is 18.9 Å². The highest BCUT2D eigenvalue weighted by atomic mass is 16.5. The molecule has 0 aliphatic heterocycles. The number of hydrogen-bond acceptors (Lipinski definition) is 3. The van der Waals surface area contributed by atoms with Crippen LogP contribution in [0.2, 0.25) is 0 Å². The molecule has 0 unspecified atom stereocenters. The summed E-state index contributed by atoms with van der Waals surface area (Å²) >= 11 is 0. The Morgan fingerprint density at radius 1 is 1.37 bits per heavy atom. The Labute approximate surface area is 111 Å². The van der Waals surface area contributed by atoms with Crippen molar-refractivity contribution < 1.29 is 14.6 Å². The molecule has 1 aromatic heterocycles. The molecule has 0 fully saturated rings. The summed E-state index contributed by atoms with van der Waals surface area (Å²) in [6.07, 6.45) is 3.62. The molecular formula is C14H16N2O3. The quantitative estimate of drug-likeness (QED) is 0.895. The number of methoxy groups -OCH3 is 1. The molecule has 5 nitrogen and oxygen atoms in total. The van der Waals surface area contributed by atoms with Gasteiger partial charge < -0.3 is 9.84 Å². The lowest BCUT2D eigenvalue weighted by Crippen LogP contribution is -2.03. The number of aromatic nitrogens is 2. The summed E-state index contributed by atoms with van der Waals surface area (Å²) in [5.41, 5.74) is 2.97. The van der Waals surface area contributed by atoms with Gasteiger partial charge in [0.1, 0.15) is 0 Å². The summed E-state index contributed by atoms with van der Waals surface area (Å²) in [6.45, 7) is 3.15. The third kappa shape index (κ3) is 3.20. The van der Waals surface area contributed by atoms with Crippen LogP contribution in [0.4, 0.5) is 0 Å².